The minimum Gasteiger partial charge on any atom is -0.497 e. The molecule has 2 N–H and O–H groups in total. The Labute approximate surface area is 150 Å². The molecule has 142 valence electrons. The number of nitrogens with zero attached hydrogens (tertiary/aromatic N) is 1. The monoisotopic (exact) mass is 353 g/mol. The third-order valence-electron chi connectivity index (χ3n) is 3.35. The number of nitrogens with one attached hydrogen (secondary N) is 2. The van der Waals surface area contributed by atoms with Crippen molar-refractivity contribution in [1.82, 2.24) is 10.6 Å². The fourth-order valence-electron chi connectivity index (χ4n) is 2.03. The van der Waals surface area contributed by atoms with E-state index in [0.717, 1.165) is 30.4 Å². The zero-order valence-electron chi connectivity index (χ0n) is 15.7. The summed E-state index contributed by atoms with van der Waals surface area (Å²) in [4.78, 5) is 4.20. The number of aliphatic imine (C=N–C) groups is 1. The Balaban J connectivity index is 2.20. The van der Waals surface area contributed by atoms with E-state index in [1.54, 1.807) is 21.3 Å². The molecule has 0 fully saturated rings. The molecular formula is C18H31N3O4. The third-order valence-corrected chi connectivity index (χ3v) is 3.35. The number of guanidine groups is 1. The van der Waals surface area contributed by atoms with Crippen LogP contribution in [0.4, 0.5) is 0 Å². The molecule has 1 aromatic carbocycles. The molecule has 0 saturated heterocycles. The number of hydrogen-bond donors (Lipinski definition) is 2. The van der Waals surface area contributed by atoms with Crippen LogP contribution in [0, 0.1) is 0 Å². The summed E-state index contributed by atoms with van der Waals surface area (Å²) in [5, 5.41) is 6.50. The third kappa shape index (κ3) is 9.79. The van der Waals surface area contributed by atoms with Gasteiger partial charge in [0.2, 0.25) is 0 Å². The van der Waals surface area contributed by atoms with E-state index in [1.807, 2.05) is 31.2 Å². The van der Waals surface area contributed by atoms with Crippen LogP contribution in [0.25, 0.3) is 0 Å². The van der Waals surface area contributed by atoms with Gasteiger partial charge in [0, 0.05) is 33.4 Å². The van der Waals surface area contributed by atoms with E-state index in [4.69, 9.17) is 18.9 Å². The van der Waals surface area contributed by atoms with Gasteiger partial charge in [0.15, 0.2) is 5.96 Å². The highest BCUT2D eigenvalue weighted by atomic mass is 16.5. The SMILES string of the molecule is CN=C(NCCCOCCOC)NCC(C)Oc1cccc(OC)c1. The van der Waals surface area contributed by atoms with E-state index in [1.165, 1.54) is 0 Å². The molecule has 0 bridgehead atoms. The number of benzene rings is 1. The van der Waals surface area contributed by atoms with Gasteiger partial charge in [-0.1, -0.05) is 6.07 Å². The van der Waals surface area contributed by atoms with Crippen LogP contribution >= 0.6 is 0 Å². The summed E-state index contributed by atoms with van der Waals surface area (Å²) in [7, 11) is 5.06. The van der Waals surface area contributed by atoms with Gasteiger partial charge in [-0.3, -0.25) is 4.99 Å². The van der Waals surface area contributed by atoms with E-state index >= 15 is 0 Å². The molecule has 0 aliphatic rings. The molecule has 7 nitrogen and oxygen atoms in total. The summed E-state index contributed by atoms with van der Waals surface area (Å²) >= 11 is 0. The molecule has 25 heavy (non-hydrogen) atoms. The van der Waals surface area contributed by atoms with Gasteiger partial charge in [0.05, 0.1) is 26.9 Å². The summed E-state index contributed by atoms with van der Waals surface area (Å²) in [5.41, 5.74) is 0. The van der Waals surface area contributed by atoms with E-state index in [0.29, 0.717) is 26.4 Å². The largest absolute Gasteiger partial charge is 0.497 e. The van der Waals surface area contributed by atoms with E-state index in [9.17, 15) is 0 Å². The lowest BCUT2D eigenvalue weighted by molar-refractivity contribution is 0.0698. The maximum absolute atomic E-state index is 5.88. The second-order valence-corrected chi connectivity index (χ2v) is 5.45. The first-order chi connectivity index (χ1) is 12.2. The Bertz CT molecular complexity index is 497. The lowest BCUT2D eigenvalue weighted by atomic mass is 10.3. The average Bonchev–Trinajstić information content (AvgIpc) is 2.63. The minimum absolute atomic E-state index is 0.0111. The van der Waals surface area contributed by atoms with Crippen molar-refractivity contribution in [3.63, 3.8) is 0 Å². The predicted octanol–water partition coefficient (Wildman–Crippen LogP) is 1.68. The van der Waals surface area contributed by atoms with Crippen molar-refractivity contribution in [2.75, 3.05) is 54.2 Å². The van der Waals surface area contributed by atoms with Gasteiger partial charge >= 0.3 is 0 Å². The predicted molar refractivity (Wildman–Crippen MR) is 99.8 cm³/mol. The van der Waals surface area contributed by atoms with Crippen molar-refractivity contribution in [2.45, 2.75) is 19.4 Å². The Morgan fingerprint density at radius 2 is 1.92 bits per heavy atom. The molecule has 1 rings (SSSR count). The van der Waals surface area contributed by atoms with Crippen molar-refractivity contribution in [3.8, 4) is 11.5 Å². The average molecular weight is 353 g/mol. The Kier molecular flexibility index (Phi) is 11.2. The van der Waals surface area contributed by atoms with E-state index in [-0.39, 0.29) is 6.10 Å². The van der Waals surface area contributed by atoms with Crippen LogP contribution in [-0.4, -0.2) is 66.2 Å². The molecule has 1 unspecified atom stereocenters. The van der Waals surface area contributed by atoms with Gasteiger partial charge in [0.25, 0.3) is 0 Å². The fraction of sp³-hybridized carbons (Fsp3) is 0.611. The van der Waals surface area contributed by atoms with Crippen molar-refractivity contribution >= 4 is 5.96 Å². The van der Waals surface area contributed by atoms with Gasteiger partial charge in [-0.25, -0.2) is 0 Å². The first kappa shape index (κ1) is 21.1. The highest BCUT2D eigenvalue weighted by Gasteiger charge is 2.06. The standard InChI is InChI=1S/C18H31N3O4/c1-15(25-17-8-5-7-16(13-17)23-4)14-21-18(19-2)20-9-6-10-24-12-11-22-3/h5,7-8,13,15H,6,9-12,14H2,1-4H3,(H2,19,20,21). The van der Waals surface area contributed by atoms with Crippen molar-refractivity contribution < 1.29 is 18.9 Å². The highest BCUT2D eigenvalue weighted by molar-refractivity contribution is 5.79. The lowest BCUT2D eigenvalue weighted by Gasteiger charge is -2.18. The first-order valence-corrected chi connectivity index (χ1v) is 8.51. The number of rotatable bonds is 12. The van der Waals surface area contributed by atoms with Crippen molar-refractivity contribution in [2.24, 2.45) is 4.99 Å². The minimum atomic E-state index is -0.0111. The Hall–Kier alpha value is -1.99. The molecule has 1 aromatic rings. The van der Waals surface area contributed by atoms with Crippen molar-refractivity contribution in [1.29, 1.82) is 0 Å². The maximum atomic E-state index is 5.88. The molecule has 0 aliphatic heterocycles. The summed E-state index contributed by atoms with van der Waals surface area (Å²) in [6.45, 7) is 5.38. The Morgan fingerprint density at radius 1 is 1.12 bits per heavy atom. The molecule has 7 heteroatoms. The quantitative estimate of drug-likeness (QED) is 0.338. The van der Waals surface area contributed by atoms with Crippen LogP contribution in [0.15, 0.2) is 29.3 Å². The lowest BCUT2D eigenvalue weighted by Crippen LogP contribution is -2.42. The van der Waals surface area contributed by atoms with Crippen LogP contribution in [0.2, 0.25) is 0 Å². The van der Waals surface area contributed by atoms with Crippen LogP contribution < -0.4 is 20.1 Å². The summed E-state index contributed by atoms with van der Waals surface area (Å²) < 4.78 is 21.4. The Morgan fingerprint density at radius 3 is 2.64 bits per heavy atom. The van der Waals surface area contributed by atoms with Gasteiger partial charge in [-0.15, -0.1) is 0 Å². The fourth-order valence-corrected chi connectivity index (χ4v) is 2.03. The summed E-state index contributed by atoms with van der Waals surface area (Å²) in [5.74, 6) is 2.31. The number of methoxy groups -OCH3 is 2. The molecular weight excluding hydrogens is 322 g/mol. The summed E-state index contributed by atoms with van der Waals surface area (Å²) in [6.07, 6.45) is 0.892. The van der Waals surface area contributed by atoms with Crippen LogP contribution in [-0.2, 0) is 9.47 Å². The topological polar surface area (TPSA) is 73.3 Å². The molecule has 1 atom stereocenters. The van der Waals surface area contributed by atoms with Crippen LogP contribution in [0.5, 0.6) is 11.5 Å². The molecule has 0 aliphatic carbocycles. The normalized spacial score (nSPS) is 12.6. The molecule has 0 radical (unpaired) electrons. The molecule has 0 spiro atoms. The highest BCUT2D eigenvalue weighted by Crippen LogP contribution is 2.19. The maximum Gasteiger partial charge on any atom is 0.191 e. The first-order valence-electron chi connectivity index (χ1n) is 8.51. The molecule has 0 aromatic heterocycles. The van der Waals surface area contributed by atoms with Crippen LogP contribution in [0.3, 0.4) is 0 Å². The number of hydrogen-bond acceptors (Lipinski definition) is 5. The zero-order chi connectivity index (χ0) is 18.3. The summed E-state index contributed by atoms with van der Waals surface area (Å²) in [6, 6.07) is 7.58. The molecule has 0 amide bonds. The van der Waals surface area contributed by atoms with E-state index in [2.05, 4.69) is 15.6 Å². The van der Waals surface area contributed by atoms with Gasteiger partial charge < -0.3 is 29.6 Å². The van der Waals surface area contributed by atoms with Gasteiger partial charge in [0.1, 0.15) is 17.6 Å². The zero-order valence-corrected chi connectivity index (χ0v) is 15.7. The van der Waals surface area contributed by atoms with Crippen molar-refractivity contribution in [3.05, 3.63) is 24.3 Å². The van der Waals surface area contributed by atoms with Gasteiger partial charge in [-0.2, -0.15) is 0 Å². The van der Waals surface area contributed by atoms with E-state index < -0.39 is 0 Å². The molecule has 0 saturated carbocycles. The number of ether oxygens (including phenoxy) is 4. The molecule has 0 heterocycles. The van der Waals surface area contributed by atoms with Crippen LogP contribution in [0.1, 0.15) is 13.3 Å². The second-order valence-electron chi connectivity index (χ2n) is 5.45. The van der Waals surface area contributed by atoms with Gasteiger partial charge in [-0.05, 0) is 25.5 Å². The second kappa shape index (κ2) is 13.3. The smallest absolute Gasteiger partial charge is 0.191 e.